The van der Waals surface area contributed by atoms with Crippen molar-refractivity contribution in [3.63, 3.8) is 0 Å². The normalized spacial score (nSPS) is 16.9. The largest absolute Gasteiger partial charge is 0.444 e. The van der Waals surface area contributed by atoms with E-state index in [4.69, 9.17) is 4.74 Å². The van der Waals surface area contributed by atoms with Crippen molar-refractivity contribution < 1.29 is 14.6 Å². The molecular formula is C24H29NO3. The van der Waals surface area contributed by atoms with E-state index in [1.54, 1.807) is 4.90 Å². The minimum atomic E-state index is -0.547. The van der Waals surface area contributed by atoms with Crippen molar-refractivity contribution in [3.8, 4) is 0 Å². The number of carbonyl (C=O) groups is 1. The van der Waals surface area contributed by atoms with Gasteiger partial charge in [0.2, 0.25) is 0 Å². The highest BCUT2D eigenvalue weighted by Crippen LogP contribution is 2.34. The number of hydrogen-bond donors (Lipinski definition) is 1. The highest BCUT2D eigenvalue weighted by atomic mass is 16.6. The second-order valence-electron chi connectivity index (χ2n) is 8.27. The van der Waals surface area contributed by atoms with Gasteiger partial charge in [0.1, 0.15) is 5.60 Å². The SMILES string of the molecule is Cc1cc2c(cc1CO)C(/C=C/c1ccccc1)N(C(=O)OC(C)(C)C)CC2. The Morgan fingerprint density at radius 2 is 1.96 bits per heavy atom. The lowest BCUT2D eigenvalue weighted by molar-refractivity contribution is 0.0185. The van der Waals surface area contributed by atoms with Crippen LogP contribution < -0.4 is 0 Å². The number of aliphatic hydroxyl groups excluding tert-OH is 1. The van der Waals surface area contributed by atoms with Crippen LogP contribution in [-0.4, -0.2) is 28.2 Å². The van der Waals surface area contributed by atoms with Crippen molar-refractivity contribution in [2.75, 3.05) is 6.54 Å². The van der Waals surface area contributed by atoms with Crippen molar-refractivity contribution in [1.29, 1.82) is 0 Å². The van der Waals surface area contributed by atoms with Gasteiger partial charge in [-0.3, -0.25) is 4.90 Å². The van der Waals surface area contributed by atoms with Crippen LogP contribution in [0.25, 0.3) is 6.08 Å². The molecule has 3 rings (SSSR count). The standard InChI is InChI=1S/C24H29NO3/c1-17-14-19-12-13-25(23(27)28-24(2,3)4)22(21(19)15-20(17)16-26)11-10-18-8-6-5-7-9-18/h5-11,14-15,22,26H,12-13,16H2,1-4H3/b11-10+. The Balaban J connectivity index is 2.01. The zero-order valence-electron chi connectivity index (χ0n) is 17.1. The lowest BCUT2D eigenvalue weighted by Gasteiger charge is -2.37. The second kappa shape index (κ2) is 8.19. The summed E-state index contributed by atoms with van der Waals surface area (Å²) < 4.78 is 5.66. The molecule has 28 heavy (non-hydrogen) atoms. The number of aliphatic hydroxyl groups is 1. The van der Waals surface area contributed by atoms with Crippen LogP contribution in [0.1, 0.15) is 54.6 Å². The Kier molecular flexibility index (Phi) is 5.90. The molecule has 1 amide bonds. The first-order chi connectivity index (χ1) is 13.3. The maximum atomic E-state index is 12.9. The van der Waals surface area contributed by atoms with Crippen molar-refractivity contribution in [3.05, 3.63) is 76.4 Å². The molecule has 1 heterocycles. The second-order valence-corrected chi connectivity index (χ2v) is 8.27. The van der Waals surface area contributed by atoms with Crippen LogP contribution in [0.3, 0.4) is 0 Å². The fourth-order valence-electron chi connectivity index (χ4n) is 3.54. The summed E-state index contributed by atoms with van der Waals surface area (Å²) in [6.45, 7) is 8.24. The molecular weight excluding hydrogens is 350 g/mol. The predicted octanol–water partition coefficient (Wildman–Crippen LogP) is 5.04. The third-order valence-corrected chi connectivity index (χ3v) is 4.94. The van der Waals surface area contributed by atoms with Gasteiger partial charge in [0, 0.05) is 6.54 Å². The van der Waals surface area contributed by atoms with E-state index in [0.717, 1.165) is 28.7 Å². The lowest BCUT2D eigenvalue weighted by Crippen LogP contribution is -2.42. The minimum absolute atomic E-state index is 0.0132. The Morgan fingerprint density at radius 1 is 1.25 bits per heavy atom. The van der Waals surface area contributed by atoms with Gasteiger partial charge in [0.05, 0.1) is 12.6 Å². The Labute approximate surface area is 167 Å². The van der Waals surface area contributed by atoms with E-state index in [1.165, 1.54) is 5.56 Å². The molecule has 1 aliphatic rings. The third kappa shape index (κ3) is 4.63. The molecule has 0 aliphatic carbocycles. The zero-order chi connectivity index (χ0) is 20.3. The Bertz CT molecular complexity index is 865. The molecule has 1 aliphatic heterocycles. The van der Waals surface area contributed by atoms with E-state index in [2.05, 4.69) is 6.07 Å². The average Bonchev–Trinajstić information content (AvgIpc) is 2.64. The predicted molar refractivity (Wildman–Crippen MR) is 112 cm³/mol. The highest BCUT2D eigenvalue weighted by Gasteiger charge is 2.32. The number of ether oxygens (including phenoxy) is 1. The number of nitrogens with zero attached hydrogens (tertiary/aromatic N) is 1. The van der Waals surface area contributed by atoms with E-state index < -0.39 is 5.60 Å². The minimum Gasteiger partial charge on any atom is -0.444 e. The molecule has 1 atom stereocenters. The lowest BCUT2D eigenvalue weighted by atomic mass is 9.88. The molecule has 0 bridgehead atoms. The van der Waals surface area contributed by atoms with E-state index >= 15 is 0 Å². The molecule has 0 saturated heterocycles. The van der Waals surface area contributed by atoms with Gasteiger partial charge in [0.25, 0.3) is 0 Å². The monoisotopic (exact) mass is 379 g/mol. The topological polar surface area (TPSA) is 49.8 Å². The summed E-state index contributed by atoms with van der Waals surface area (Å²) in [5.74, 6) is 0. The molecule has 4 nitrogen and oxygen atoms in total. The van der Waals surface area contributed by atoms with E-state index in [0.29, 0.717) is 6.54 Å². The molecule has 0 spiro atoms. The summed E-state index contributed by atoms with van der Waals surface area (Å²) in [5.41, 5.74) is 4.78. The fourth-order valence-corrected chi connectivity index (χ4v) is 3.54. The quantitative estimate of drug-likeness (QED) is 0.813. The molecule has 2 aromatic rings. The van der Waals surface area contributed by atoms with Gasteiger partial charge in [-0.1, -0.05) is 54.6 Å². The van der Waals surface area contributed by atoms with Crippen LogP contribution >= 0.6 is 0 Å². The summed E-state index contributed by atoms with van der Waals surface area (Å²) in [6.07, 6.45) is 4.55. The van der Waals surface area contributed by atoms with Crippen LogP contribution in [0.4, 0.5) is 4.79 Å². The Morgan fingerprint density at radius 3 is 2.61 bits per heavy atom. The van der Waals surface area contributed by atoms with Gasteiger partial charge in [-0.25, -0.2) is 4.79 Å². The van der Waals surface area contributed by atoms with Gasteiger partial charge < -0.3 is 9.84 Å². The molecule has 148 valence electrons. The molecule has 0 radical (unpaired) electrons. The number of hydrogen-bond acceptors (Lipinski definition) is 3. The van der Waals surface area contributed by atoms with Crippen molar-refractivity contribution in [1.82, 2.24) is 4.90 Å². The average molecular weight is 380 g/mol. The maximum absolute atomic E-state index is 12.9. The number of carbonyl (C=O) groups excluding carboxylic acids is 1. The first-order valence-electron chi connectivity index (χ1n) is 9.74. The van der Waals surface area contributed by atoms with E-state index in [1.807, 2.05) is 76.2 Å². The van der Waals surface area contributed by atoms with E-state index in [-0.39, 0.29) is 18.7 Å². The summed E-state index contributed by atoms with van der Waals surface area (Å²) in [4.78, 5) is 14.7. The molecule has 0 fully saturated rings. The third-order valence-electron chi connectivity index (χ3n) is 4.94. The van der Waals surface area contributed by atoms with Gasteiger partial charge >= 0.3 is 6.09 Å². The summed E-state index contributed by atoms with van der Waals surface area (Å²) in [5, 5.41) is 9.72. The Hall–Kier alpha value is -2.59. The van der Waals surface area contributed by atoms with Crippen LogP contribution in [0.5, 0.6) is 0 Å². The molecule has 2 aromatic carbocycles. The zero-order valence-corrected chi connectivity index (χ0v) is 17.1. The van der Waals surface area contributed by atoms with Crippen LogP contribution in [0, 0.1) is 6.92 Å². The maximum Gasteiger partial charge on any atom is 0.411 e. The van der Waals surface area contributed by atoms with Crippen LogP contribution in [0.15, 0.2) is 48.5 Å². The fraction of sp³-hybridized carbons (Fsp3) is 0.375. The van der Waals surface area contributed by atoms with E-state index in [9.17, 15) is 9.90 Å². The van der Waals surface area contributed by atoms with Gasteiger partial charge in [0.15, 0.2) is 0 Å². The molecule has 0 saturated carbocycles. The number of amides is 1. The summed E-state index contributed by atoms with van der Waals surface area (Å²) in [6, 6.07) is 14.0. The van der Waals surface area contributed by atoms with Crippen LogP contribution in [-0.2, 0) is 17.8 Å². The van der Waals surface area contributed by atoms with Crippen molar-refractivity contribution in [2.24, 2.45) is 0 Å². The molecule has 4 heteroatoms. The summed E-state index contributed by atoms with van der Waals surface area (Å²) in [7, 11) is 0. The number of benzene rings is 2. The first kappa shape index (κ1) is 20.2. The first-order valence-corrected chi connectivity index (χ1v) is 9.74. The molecule has 1 unspecified atom stereocenters. The van der Waals surface area contributed by atoms with Crippen molar-refractivity contribution in [2.45, 2.75) is 52.4 Å². The number of fused-ring (bicyclic) bond motifs is 1. The van der Waals surface area contributed by atoms with Crippen LogP contribution in [0.2, 0.25) is 0 Å². The highest BCUT2D eigenvalue weighted by molar-refractivity contribution is 5.70. The van der Waals surface area contributed by atoms with Gasteiger partial charge in [-0.05, 0) is 61.9 Å². The molecule has 0 aromatic heterocycles. The number of rotatable bonds is 3. The number of aryl methyl sites for hydroxylation is 1. The van der Waals surface area contributed by atoms with Gasteiger partial charge in [-0.2, -0.15) is 0 Å². The summed E-state index contributed by atoms with van der Waals surface area (Å²) >= 11 is 0. The molecule has 1 N–H and O–H groups in total. The smallest absolute Gasteiger partial charge is 0.411 e. The van der Waals surface area contributed by atoms with Gasteiger partial charge in [-0.15, -0.1) is 0 Å². The van der Waals surface area contributed by atoms with Crippen molar-refractivity contribution >= 4 is 12.2 Å².